The first-order valence-corrected chi connectivity index (χ1v) is 6.86. The van der Waals surface area contributed by atoms with E-state index < -0.39 is 9.84 Å². The molecule has 0 aromatic heterocycles. The molecule has 0 amide bonds. The van der Waals surface area contributed by atoms with Gasteiger partial charge in [-0.15, -0.1) is 0 Å². The van der Waals surface area contributed by atoms with Crippen molar-refractivity contribution in [3.05, 3.63) is 47.5 Å². The molecule has 0 radical (unpaired) electrons. The summed E-state index contributed by atoms with van der Waals surface area (Å²) in [5, 5.41) is 3.31. The summed E-state index contributed by atoms with van der Waals surface area (Å²) < 4.78 is 24.8. The molecule has 0 atom stereocenters. The molecule has 0 aliphatic carbocycles. The summed E-state index contributed by atoms with van der Waals surface area (Å²) in [6.45, 7) is 0. The second-order valence-corrected chi connectivity index (χ2v) is 6.00. The zero-order valence-corrected chi connectivity index (χ0v) is 10.2. The maximum atomic E-state index is 12.4. The Balaban J connectivity index is 2.40. The van der Waals surface area contributed by atoms with Gasteiger partial charge in [-0.3, -0.25) is 0 Å². The van der Waals surface area contributed by atoms with Gasteiger partial charge in [0, 0.05) is 0 Å². The van der Waals surface area contributed by atoms with E-state index >= 15 is 0 Å². The molecule has 5 heteroatoms. The lowest BCUT2D eigenvalue weighted by molar-refractivity contribution is 0.596. The minimum absolute atomic E-state index is 0.153. The molecule has 3 rings (SSSR count). The summed E-state index contributed by atoms with van der Waals surface area (Å²) in [7, 11) is -3.53. The lowest BCUT2D eigenvalue weighted by atomic mass is 10.2. The summed E-state index contributed by atoms with van der Waals surface area (Å²) >= 11 is 5.97. The third-order valence-corrected chi connectivity index (χ3v) is 5.02. The maximum absolute atomic E-state index is 12.4. The Labute approximate surface area is 104 Å². The summed E-state index contributed by atoms with van der Waals surface area (Å²) in [6.07, 6.45) is 0. The van der Waals surface area contributed by atoms with E-state index in [4.69, 9.17) is 11.6 Å². The van der Waals surface area contributed by atoms with Gasteiger partial charge in [-0.25, -0.2) is 8.42 Å². The molecule has 1 N–H and O–H groups in total. The molecule has 86 valence electrons. The molecule has 2 aromatic rings. The third-order valence-electron chi connectivity index (χ3n) is 2.68. The Hall–Kier alpha value is -1.52. The van der Waals surface area contributed by atoms with Crippen molar-refractivity contribution in [3.63, 3.8) is 0 Å². The van der Waals surface area contributed by atoms with Gasteiger partial charge < -0.3 is 5.32 Å². The Morgan fingerprint density at radius 1 is 0.941 bits per heavy atom. The van der Waals surface area contributed by atoms with Gasteiger partial charge in [0.1, 0.15) is 4.90 Å². The van der Waals surface area contributed by atoms with Gasteiger partial charge in [-0.05, 0) is 24.3 Å². The van der Waals surface area contributed by atoms with Crippen molar-refractivity contribution in [1.29, 1.82) is 0 Å². The van der Waals surface area contributed by atoms with Crippen LogP contribution < -0.4 is 5.32 Å². The van der Waals surface area contributed by atoms with Crippen LogP contribution in [0.4, 0.5) is 11.4 Å². The second kappa shape index (κ2) is 3.48. The van der Waals surface area contributed by atoms with E-state index in [9.17, 15) is 8.42 Å². The van der Waals surface area contributed by atoms with Gasteiger partial charge in [0.2, 0.25) is 9.84 Å². The molecule has 1 aliphatic rings. The zero-order chi connectivity index (χ0) is 12.0. The molecule has 0 unspecified atom stereocenters. The molecule has 0 saturated carbocycles. The highest BCUT2D eigenvalue weighted by molar-refractivity contribution is 7.92. The van der Waals surface area contributed by atoms with Crippen LogP contribution in [0.1, 0.15) is 0 Å². The van der Waals surface area contributed by atoms with E-state index in [0.717, 1.165) is 0 Å². The van der Waals surface area contributed by atoms with E-state index in [1.54, 1.807) is 42.5 Å². The van der Waals surface area contributed by atoms with E-state index in [0.29, 0.717) is 11.4 Å². The largest absolute Gasteiger partial charge is 0.353 e. The molecular weight excluding hydrogens is 258 g/mol. The van der Waals surface area contributed by atoms with Crippen LogP contribution >= 0.6 is 11.6 Å². The van der Waals surface area contributed by atoms with Crippen LogP contribution in [0, 0.1) is 0 Å². The number of benzene rings is 2. The minimum atomic E-state index is -3.53. The third kappa shape index (κ3) is 1.45. The summed E-state index contributed by atoms with van der Waals surface area (Å²) in [5.74, 6) is 0. The van der Waals surface area contributed by atoms with E-state index in [1.807, 2.05) is 0 Å². The van der Waals surface area contributed by atoms with E-state index in [2.05, 4.69) is 5.32 Å². The van der Waals surface area contributed by atoms with Crippen LogP contribution in [0.15, 0.2) is 52.3 Å². The number of fused-ring (bicyclic) bond motifs is 2. The Morgan fingerprint density at radius 3 is 2.47 bits per heavy atom. The van der Waals surface area contributed by atoms with Gasteiger partial charge in [0.05, 0.1) is 21.3 Å². The monoisotopic (exact) mass is 265 g/mol. The number of nitrogens with one attached hydrogen (secondary N) is 1. The number of anilines is 2. The molecular formula is C12H8ClNO2S. The van der Waals surface area contributed by atoms with Crippen molar-refractivity contribution < 1.29 is 8.42 Å². The second-order valence-electron chi connectivity index (χ2n) is 3.74. The zero-order valence-electron chi connectivity index (χ0n) is 8.64. The lowest BCUT2D eigenvalue weighted by Gasteiger charge is -2.21. The predicted molar refractivity (Wildman–Crippen MR) is 66.6 cm³/mol. The smallest absolute Gasteiger partial charge is 0.212 e. The van der Waals surface area contributed by atoms with Crippen LogP contribution in [-0.4, -0.2) is 8.42 Å². The van der Waals surface area contributed by atoms with Gasteiger partial charge in [-0.1, -0.05) is 29.8 Å². The SMILES string of the molecule is O=S1(=O)c2ccccc2Nc2cccc(Cl)c21. The average molecular weight is 266 g/mol. The summed E-state index contributed by atoms with van der Waals surface area (Å²) in [4.78, 5) is 0.418. The van der Waals surface area contributed by atoms with Crippen molar-refractivity contribution in [2.24, 2.45) is 0 Å². The molecule has 17 heavy (non-hydrogen) atoms. The number of rotatable bonds is 0. The molecule has 0 fully saturated rings. The number of hydrogen-bond donors (Lipinski definition) is 1. The quantitative estimate of drug-likeness (QED) is 0.679. The molecule has 0 spiro atoms. The van der Waals surface area contributed by atoms with E-state index in [-0.39, 0.29) is 14.8 Å². The number of sulfone groups is 1. The Bertz CT molecular complexity index is 710. The summed E-state index contributed by atoms with van der Waals surface area (Å²) in [6, 6.07) is 11.8. The normalized spacial score (nSPS) is 15.6. The average Bonchev–Trinajstić information content (AvgIpc) is 2.28. The molecule has 0 saturated heterocycles. The van der Waals surface area contributed by atoms with Gasteiger partial charge in [0.15, 0.2) is 0 Å². The molecule has 2 aromatic carbocycles. The standard InChI is InChI=1S/C12H8ClNO2S/c13-8-4-3-6-10-12(8)17(15,16)11-7-2-1-5-9(11)14-10/h1-7,14H. The van der Waals surface area contributed by atoms with Crippen LogP contribution in [0.25, 0.3) is 0 Å². The van der Waals surface area contributed by atoms with Crippen LogP contribution in [0.3, 0.4) is 0 Å². The van der Waals surface area contributed by atoms with Crippen molar-refractivity contribution >= 4 is 32.8 Å². The maximum Gasteiger partial charge on any atom is 0.212 e. The van der Waals surface area contributed by atoms with Gasteiger partial charge in [0.25, 0.3) is 0 Å². The predicted octanol–water partition coefficient (Wildman–Crippen LogP) is 3.23. The highest BCUT2D eigenvalue weighted by atomic mass is 35.5. The fraction of sp³-hybridized carbons (Fsp3) is 0. The topological polar surface area (TPSA) is 46.2 Å². The van der Waals surface area contributed by atoms with Crippen molar-refractivity contribution in [2.45, 2.75) is 9.79 Å². The first kappa shape index (κ1) is 10.6. The Kier molecular flexibility index (Phi) is 2.18. The van der Waals surface area contributed by atoms with Crippen molar-refractivity contribution in [3.8, 4) is 0 Å². The molecule has 1 aliphatic heterocycles. The molecule has 1 heterocycles. The number of hydrogen-bond acceptors (Lipinski definition) is 3. The van der Waals surface area contributed by atoms with Crippen molar-refractivity contribution in [2.75, 3.05) is 5.32 Å². The highest BCUT2D eigenvalue weighted by Crippen LogP contribution is 2.42. The molecule has 0 bridgehead atoms. The van der Waals surface area contributed by atoms with Crippen LogP contribution in [0.2, 0.25) is 5.02 Å². The fourth-order valence-corrected chi connectivity index (χ4v) is 4.04. The summed E-state index contributed by atoms with van der Waals surface area (Å²) in [5.41, 5.74) is 1.11. The van der Waals surface area contributed by atoms with Crippen LogP contribution in [-0.2, 0) is 9.84 Å². The number of halogens is 1. The fourth-order valence-electron chi connectivity index (χ4n) is 1.94. The highest BCUT2D eigenvalue weighted by Gasteiger charge is 2.30. The first-order valence-electron chi connectivity index (χ1n) is 5.00. The minimum Gasteiger partial charge on any atom is -0.353 e. The lowest BCUT2D eigenvalue weighted by Crippen LogP contribution is -2.13. The van der Waals surface area contributed by atoms with Gasteiger partial charge in [-0.2, -0.15) is 0 Å². The first-order chi connectivity index (χ1) is 8.10. The number of para-hydroxylation sites is 1. The van der Waals surface area contributed by atoms with Crippen molar-refractivity contribution in [1.82, 2.24) is 0 Å². The van der Waals surface area contributed by atoms with Crippen LogP contribution in [0.5, 0.6) is 0 Å². The van der Waals surface area contributed by atoms with Gasteiger partial charge >= 0.3 is 0 Å². The van der Waals surface area contributed by atoms with E-state index in [1.165, 1.54) is 0 Å². The molecule has 3 nitrogen and oxygen atoms in total. The Morgan fingerprint density at radius 2 is 1.65 bits per heavy atom.